The third-order valence-electron chi connectivity index (χ3n) is 7.79. The lowest BCUT2D eigenvalue weighted by molar-refractivity contribution is 0.483. The number of benzene rings is 5. The lowest BCUT2D eigenvalue weighted by Crippen LogP contribution is -2.08. The molecule has 0 saturated heterocycles. The first-order valence-corrected chi connectivity index (χ1v) is 18.0. The predicted octanol–water partition coefficient (Wildman–Crippen LogP) is 7.17. The fourth-order valence-electron chi connectivity index (χ4n) is 5.01. The van der Waals surface area contributed by atoms with Crippen molar-refractivity contribution in [2.24, 2.45) is 0 Å². The smallest absolute Gasteiger partial charge is 0.282 e. The van der Waals surface area contributed by atoms with Gasteiger partial charge in [-0.05, 0) is 104 Å². The molecule has 0 spiro atoms. The second kappa shape index (κ2) is 11.4. The van der Waals surface area contributed by atoms with Gasteiger partial charge in [-0.25, -0.2) is 16.8 Å². The minimum absolute atomic E-state index is 0.00940. The van der Waals surface area contributed by atoms with Crippen LogP contribution in [-0.4, -0.2) is 29.8 Å². The van der Waals surface area contributed by atoms with Crippen molar-refractivity contribution in [3.8, 4) is 22.3 Å². The van der Waals surface area contributed by atoms with Gasteiger partial charge >= 0.3 is 0 Å². The fourth-order valence-corrected chi connectivity index (χ4v) is 8.82. The summed E-state index contributed by atoms with van der Waals surface area (Å²) in [5.41, 5.74) is 3.97. The summed E-state index contributed by atoms with van der Waals surface area (Å²) in [4.78, 5) is -0.556. The van der Waals surface area contributed by atoms with Crippen LogP contribution in [0.5, 0.6) is 0 Å². The molecule has 0 aliphatic carbocycles. The van der Waals surface area contributed by atoms with Crippen molar-refractivity contribution in [2.75, 3.05) is 0 Å². The van der Waals surface area contributed by atoms with Crippen LogP contribution in [0.15, 0.2) is 128 Å². The summed E-state index contributed by atoms with van der Waals surface area (Å²) in [5.74, 6) is 0. The van der Waals surface area contributed by atoms with Crippen molar-refractivity contribution in [1.82, 2.24) is 0 Å². The van der Waals surface area contributed by atoms with Crippen LogP contribution in [-0.2, 0) is 29.8 Å². The van der Waals surface area contributed by atoms with Crippen molar-refractivity contribution in [3.63, 3.8) is 0 Å². The number of hydrogen-bond acceptors (Lipinski definition) is 6. The van der Waals surface area contributed by atoms with E-state index in [9.17, 15) is 29.8 Å². The maximum absolute atomic E-state index is 13.9. The van der Waals surface area contributed by atoms with Gasteiger partial charge in [-0.3, -0.25) is 4.55 Å². The monoisotopic (exact) mass is 646 g/mol. The van der Waals surface area contributed by atoms with Crippen LogP contribution in [0.1, 0.15) is 22.3 Å². The molecule has 0 saturated carbocycles. The van der Waals surface area contributed by atoms with Crippen LogP contribution in [0, 0.1) is 27.7 Å². The first-order valence-electron chi connectivity index (χ1n) is 13.6. The molecule has 226 valence electrons. The van der Waals surface area contributed by atoms with Gasteiger partial charge in [-0.2, -0.15) is 8.42 Å². The van der Waals surface area contributed by atoms with Crippen molar-refractivity contribution in [1.29, 1.82) is 0 Å². The Labute approximate surface area is 258 Å². The Bertz CT molecular complexity index is 2270. The van der Waals surface area contributed by atoms with E-state index in [1.165, 1.54) is 48.5 Å². The van der Waals surface area contributed by atoms with Gasteiger partial charge in [0.1, 0.15) is 4.90 Å². The molecule has 5 aromatic carbocycles. The van der Waals surface area contributed by atoms with E-state index in [4.69, 9.17) is 0 Å². The molecule has 1 N–H and O–H groups in total. The second-order valence-electron chi connectivity index (χ2n) is 10.7. The number of rotatable bonds is 7. The van der Waals surface area contributed by atoms with Gasteiger partial charge < -0.3 is 0 Å². The largest absolute Gasteiger partial charge is 0.295 e. The summed E-state index contributed by atoms with van der Waals surface area (Å²) in [6.45, 7) is 7.37. The summed E-state index contributed by atoms with van der Waals surface area (Å²) >= 11 is 0. The van der Waals surface area contributed by atoms with Crippen LogP contribution >= 0.6 is 0 Å². The third-order valence-corrected chi connectivity index (χ3v) is 12.3. The summed E-state index contributed by atoms with van der Waals surface area (Å²) in [6.07, 6.45) is 0. The molecule has 0 aliphatic rings. The molecule has 0 atom stereocenters. The van der Waals surface area contributed by atoms with Gasteiger partial charge in [0.2, 0.25) is 19.7 Å². The lowest BCUT2D eigenvalue weighted by Gasteiger charge is -2.17. The fraction of sp³-hybridized carbons (Fsp3) is 0.118. The van der Waals surface area contributed by atoms with E-state index in [0.29, 0.717) is 5.56 Å². The van der Waals surface area contributed by atoms with E-state index in [-0.39, 0.29) is 36.3 Å². The van der Waals surface area contributed by atoms with Crippen molar-refractivity contribution in [3.05, 3.63) is 125 Å². The Kier molecular flexibility index (Phi) is 8.15. The highest BCUT2D eigenvalue weighted by Crippen LogP contribution is 2.40. The number of sulfone groups is 2. The molecule has 10 heteroatoms. The Morgan fingerprint density at radius 2 is 0.886 bits per heavy atom. The zero-order valence-corrected chi connectivity index (χ0v) is 26.9. The molecule has 0 heterocycles. The topological polar surface area (TPSA) is 123 Å². The maximum atomic E-state index is 13.9. The molecular formula is C34H30O7S3. The molecule has 0 radical (unpaired) electrons. The highest BCUT2D eigenvalue weighted by atomic mass is 32.2. The van der Waals surface area contributed by atoms with Crippen LogP contribution in [0.2, 0.25) is 0 Å². The van der Waals surface area contributed by atoms with E-state index >= 15 is 0 Å². The minimum Gasteiger partial charge on any atom is -0.282 e. The summed E-state index contributed by atoms with van der Waals surface area (Å²) in [6, 6.07) is 25.8. The molecule has 7 nitrogen and oxygen atoms in total. The summed E-state index contributed by atoms with van der Waals surface area (Å²) in [7, 11) is -13.0. The van der Waals surface area contributed by atoms with Crippen molar-refractivity contribution < 1.29 is 29.8 Å². The molecule has 0 bridgehead atoms. The standard InChI is InChI=1S/C34H30O7S3/c1-22-13-16-27(19-24(22)3)42(35,36)32-11-7-5-9-29(32)26-15-18-34(44(39,40)41)31(21-26)30-10-6-8-12-33(30)43(37,38)28-17-14-23(2)25(4)20-28/h5-21H,1-4H3,(H,39,40,41). The number of hydrogen-bond donors (Lipinski definition) is 1. The third kappa shape index (κ3) is 5.73. The molecule has 5 aromatic rings. The quantitative estimate of drug-likeness (QED) is 0.186. The van der Waals surface area contributed by atoms with Crippen molar-refractivity contribution in [2.45, 2.75) is 52.2 Å². The van der Waals surface area contributed by atoms with Crippen LogP contribution in [0.3, 0.4) is 0 Å². The van der Waals surface area contributed by atoms with Gasteiger partial charge in [0.25, 0.3) is 10.1 Å². The number of aryl methyl sites for hydroxylation is 4. The molecule has 0 aliphatic heterocycles. The molecule has 0 fully saturated rings. The van der Waals surface area contributed by atoms with E-state index in [1.807, 2.05) is 20.8 Å². The highest BCUT2D eigenvalue weighted by molar-refractivity contribution is 7.92. The average molecular weight is 647 g/mol. The van der Waals surface area contributed by atoms with Crippen molar-refractivity contribution >= 4 is 29.8 Å². The lowest BCUT2D eigenvalue weighted by atomic mass is 9.99. The van der Waals surface area contributed by atoms with Gasteiger partial charge in [-0.1, -0.05) is 54.6 Å². The summed E-state index contributed by atoms with van der Waals surface area (Å²) < 4.78 is 90.8. The first-order chi connectivity index (χ1) is 20.6. The Hall–Kier alpha value is -4.09. The Balaban J connectivity index is 1.76. The molecule has 5 rings (SSSR count). The van der Waals surface area contributed by atoms with E-state index in [0.717, 1.165) is 28.3 Å². The molecule has 0 amide bonds. The Morgan fingerprint density at radius 3 is 1.36 bits per heavy atom. The minimum atomic E-state index is -4.82. The molecular weight excluding hydrogens is 617 g/mol. The molecule has 0 aromatic heterocycles. The highest BCUT2D eigenvalue weighted by Gasteiger charge is 2.28. The molecule has 44 heavy (non-hydrogen) atoms. The zero-order valence-electron chi connectivity index (χ0n) is 24.4. The maximum Gasteiger partial charge on any atom is 0.295 e. The predicted molar refractivity (Wildman–Crippen MR) is 170 cm³/mol. The molecule has 0 unspecified atom stereocenters. The zero-order chi connectivity index (χ0) is 32.0. The summed E-state index contributed by atoms with van der Waals surface area (Å²) in [5, 5.41) is 0. The first kappa shape index (κ1) is 31.3. The van der Waals surface area contributed by atoms with E-state index < -0.39 is 34.7 Å². The average Bonchev–Trinajstić information content (AvgIpc) is 2.99. The van der Waals surface area contributed by atoms with E-state index in [2.05, 4.69) is 0 Å². The SMILES string of the molecule is Cc1ccc(S(=O)(=O)c2ccccc2-c2ccc(S(=O)(=O)O)c(-c3ccccc3S(=O)(=O)c3ccc(C)c(C)c3)c2)cc1C. The normalized spacial score (nSPS) is 12.3. The second-order valence-corrected chi connectivity index (χ2v) is 15.9. The van der Waals surface area contributed by atoms with Gasteiger partial charge in [0, 0.05) is 16.7 Å². The Morgan fingerprint density at radius 1 is 0.432 bits per heavy atom. The van der Waals surface area contributed by atoms with Crippen LogP contribution in [0.4, 0.5) is 0 Å². The van der Waals surface area contributed by atoms with Crippen LogP contribution < -0.4 is 0 Å². The van der Waals surface area contributed by atoms with Crippen LogP contribution in [0.25, 0.3) is 22.3 Å². The van der Waals surface area contributed by atoms with E-state index in [1.54, 1.807) is 55.5 Å². The van der Waals surface area contributed by atoms with Gasteiger partial charge in [0.15, 0.2) is 0 Å². The van der Waals surface area contributed by atoms with Gasteiger partial charge in [0.05, 0.1) is 19.6 Å². The van der Waals surface area contributed by atoms with Gasteiger partial charge in [-0.15, -0.1) is 0 Å².